The molecule has 2 aromatic rings. The fourth-order valence-corrected chi connectivity index (χ4v) is 3.30. The monoisotopic (exact) mass is 374 g/mol. The second-order valence-electron chi connectivity index (χ2n) is 6.07. The van der Waals surface area contributed by atoms with Crippen LogP contribution in [0.15, 0.2) is 48.5 Å². The van der Waals surface area contributed by atoms with Gasteiger partial charge < -0.3 is 19.3 Å². The van der Waals surface area contributed by atoms with Crippen LogP contribution in [0.1, 0.15) is 6.42 Å². The third-order valence-corrected chi connectivity index (χ3v) is 4.79. The standard InChI is InChI=1S/C20H23ClN2O3/c1-25-18-8-4-5-9-19(18)26-15-10-20(24)23-13-11-22(12-14-23)17-7-3-2-6-16(17)21/h2-9H,10-15H2,1H3. The molecule has 0 aliphatic carbocycles. The van der Waals surface area contributed by atoms with E-state index in [0.717, 1.165) is 23.8 Å². The van der Waals surface area contributed by atoms with Gasteiger partial charge >= 0.3 is 0 Å². The van der Waals surface area contributed by atoms with E-state index in [2.05, 4.69) is 4.90 Å². The van der Waals surface area contributed by atoms with Gasteiger partial charge in [0, 0.05) is 26.2 Å². The molecule has 0 radical (unpaired) electrons. The van der Waals surface area contributed by atoms with Crippen molar-refractivity contribution in [2.75, 3.05) is 44.8 Å². The van der Waals surface area contributed by atoms with E-state index in [0.29, 0.717) is 37.6 Å². The zero-order valence-electron chi connectivity index (χ0n) is 14.9. The summed E-state index contributed by atoms with van der Waals surface area (Å²) in [6.45, 7) is 3.28. The minimum absolute atomic E-state index is 0.110. The van der Waals surface area contributed by atoms with Crippen molar-refractivity contribution in [3.63, 3.8) is 0 Å². The number of hydrogen-bond acceptors (Lipinski definition) is 4. The number of methoxy groups -OCH3 is 1. The molecule has 0 N–H and O–H groups in total. The first-order chi connectivity index (χ1) is 12.7. The van der Waals surface area contributed by atoms with Crippen LogP contribution in [0.2, 0.25) is 5.02 Å². The quantitative estimate of drug-likeness (QED) is 0.776. The van der Waals surface area contributed by atoms with Gasteiger partial charge in [-0.05, 0) is 24.3 Å². The molecule has 0 saturated carbocycles. The summed E-state index contributed by atoms with van der Waals surface area (Å²) in [5, 5.41) is 0.748. The van der Waals surface area contributed by atoms with Gasteiger partial charge in [0.15, 0.2) is 11.5 Å². The Labute approximate surface area is 159 Å². The van der Waals surface area contributed by atoms with E-state index in [1.807, 2.05) is 53.4 Å². The van der Waals surface area contributed by atoms with Gasteiger partial charge in [-0.1, -0.05) is 35.9 Å². The minimum Gasteiger partial charge on any atom is -0.493 e. The van der Waals surface area contributed by atoms with Gasteiger partial charge in [0.05, 0.1) is 30.8 Å². The van der Waals surface area contributed by atoms with Crippen molar-refractivity contribution < 1.29 is 14.3 Å². The lowest BCUT2D eigenvalue weighted by Crippen LogP contribution is -2.49. The molecule has 1 aliphatic rings. The number of benzene rings is 2. The number of piperazine rings is 1. The third-order valence-electron chi connectivity index (χ3n) is 4.47. The number of anilines is 1. The average Bonchev–Trinajstić information content (AvgIpc) is 2.69. The van der Waals surface area contributed by atoms with Crippen LogP contribution in [0.3, 0.4) is 0 Å². The molecular weight excluding hydrogens is 352 g/mol. The second kappa shape index (κ2) is 8.81. The highest BCUT2D eigenvalue weighted by Crippen LogP contribution is 2.27. The number of para-hydroxylation sites is 3. The zero-order valence-corrected chi connectivity index (χ0v) is 15.6. The molecule has 0 atom stereocenters. The summed E-state index contributed by atoms with van der Waals surface area (Å²) >= 11 is 6.26. The van der Waals surface area contributed by atoms with Crippen LogP contribution >= 0.6 is 11.6 Å². The molecule has 0 unspecified atom stereocenters. The van der Waals surface area contributed by atoms with Gasteiger partial charge in [-0.2, -0.15) is 0 Å². The molecule has 0 bridgehead atoms. The number of amides is 1. The Kier molecular flexibility index (Phi) is 6.23. The first kappa shape index (κ1) is 18.4. The highest BCUT2D eigenvalue weighted by molar-refractivity contribution is 6.33. The summed E-state index contributed by atoms with van der Waals surface area (Å²) in [7, 11) is 1.60. The van der Waals surface area contributed by atoms with E-state index in [1.165, 1.54) is 0 Å². The minimum atomic E-state index is 0.110. The van der Waals surface area contributed by atoms with Crippen LogP contribution in [-0.4, -0.2) is 50.7 Å². The van der Waals surface area contributed by atoms with Crippen molar-refractivity contribution in [2.45, 2.75) is 6.42 Å². The molecular formula is C20H23ClN2O3. The van der Waals surface area contributed by atoms with E-state index >= 15 is 0 Å². The van der Waals surface area contributed by atoms with Crippen LogP contribution in [0, 0.1) is 0 Å². The number of rotatable bonds is 6. The van der Waals surface area contributed by atoms with Crippen molar-refractivity contribution in [3.8, 4) is 11.5 Å². The van der Waals surface area contributed by atoms with Crippen molar-refractivity contribution in [1.82, 2.24) is 4.90 Å². The van der Waals surface area contributed by atoms with Gasteiger partial charge in [-0.3, -0.25) is 4.79 Å². The van der Waals surface area contributed by atoms with Crippen LogP contribution in [0.25, 0.3) is 0 Å². The van der Waals surface area contributed by atoms with Gasteiger partial charge in [0.2, 0.25) is 5.91 Å². The molecule has 5 nitrogen and oxygen atoms in total. The summed E-state index contributed by atoms with van der Waals surface area (Å²) in [4.78, 5) is 16.5. The smallest absolute Gasteiger partial charge is 0.226 e. The van der Waals surface area contributed by atoms with Crippen LogP contribution in [0.4, 0.5) is 5.69 Å². The number of carbonyl (C=O) groups excluding carboxylic acids is 1. The van der Waals surface area contributed by atoms with Gasteiger partial charge in [0.1, 0.15) is 0 Å². The van der Waals surface area contributed by atoms with Crippen molar-refractivity contribution in [1.29, 1.82) is 0 Å². The number of carbonyl (C=O) groups is 1. The number of hydrogen-bond donors (Lipinski definition) is 0. The highest BCUT2D eigenvalue weighted by Gasteiger charge is 2.22. The van der Waals surface area contributed by atoms with Crippen LogP contribution < -0.4 is 14.4 Å². The summed E-state index contributed by atoms with van der Waals surface area (Å²) in [5.74, 6) is 1.44. The first-order valence-corrected chi connectivity index (χ1v) is 9.10. The third kappa shape index (κ3) is 4.41. The Morgan fingerprint density at radius 1 is 1.00 bits per heavy atom. The van der Waals surface area contributed by atoms with Gasteiger partial charge in [-0.15, -0.1) is 0 Å². The molecule has 0 spiro atoms. The molecule has 1 saturated heterocycles. The summed E-state index contributed by atoms with van der Waals surface area (Å²) in [5.41, 5.74) is 1.03. The first-order valence-electron chi connectivity index (χ1n) is 8.72. The Balaban J connectivity index is 1.46. The molecule has 138 valence electrons. The van der Waals surface area contributed by atoms with E-state index in [4.69, 9.17) is 21.1 Å². The molecule has 1 fully saturated rings. The molecule has 0 aromatic heterocycles. The Bertz CT molecular complexity index is 745. The predicted molar refractivity (Wildman–Crippen MR) is 103 cm³/mol. The molecule has 1 amide bonds. The van der Waals surface area contributed by atoms with Gasteiger partial charge in [0.25, 0.3) is 0 Å². The van der Waals surface area contributed by atoms with Crippen molar-refractivity contribution >= 4 is 23.2 Å². The molecule has 3 rings (SSSR count). The summed E-state index contributed by atoms with van der Waals surface area (Å²) in [6.07, 6.45) is 0.351. The molecule has 1 heterocycles. The second-order valence-corrected chi connectivity index (χ2v) is 6.48. The lowest BCUT2D eigenvalue weighted by atomic mass is 10.2. The molecule has 6 heteroatoms. The highest BCUT2D eigenvalue weighted by atomic mass is 35.5. The van der Waals surface area contributed by atoms with Crippen molar-refractivity contribution in [3.05, 3.63) is 53.6 Å². The number of halogens is 1. The fourth-order valence-electron chi connectivity index (χ4n) is 3.05. The predicted octanol–water partition coefficient (Wildman–Crippen LogP) is 3.47. The molecule has 2 aromatic carbocycles. The summed E-state index contributed by atoms with van der Waals surface area (Å²) in [6, 6.07) is 15.3. The largest absolute Gasteiger partial charge is 0.493 e. The normalized spacial score (nSPS) is 14.2. The SMILES string of the molecule is COc1ccccc1OCCC(=O)N1CCN(c2ccccc2Cl)CC1. The van der Waals surface area contributed by atoms with Crippen molar-refractivity contribution in [2.24, 2.45) is 0 Å². The number of nitrogens with zero attached hydrogens (tertiary/aromatic N) is 2. The average molecular weight is 375 g/mol. The number of ether oxygens (including phenoxy) is 2. The lowest BCUT2D eigenvalue weighted by molar-refractivity contribution is -0.132. The van der Waals surface area contributed by atoms with Crippen LogP contribution in [0.5, 0.6) is 11.5 Å². The lowest BCUT2D eigenvalue weighted by Gasteiger charge is -2.36. The van der Waals surface area contributed by atoms with Gasteiger partial charge in [-0.25, -0.2) is 0 Å². The van der Waals surface area contributed by atoms with Crippen LogP contribution in [-0.2, 0) is 4.79 Å². The maximum Gasteiger partial charge on any atom is 0.226 e. The maximum atomic E-state index is 12.4. The fraction of sp³-hybridized carbons (Fsp3) is 0.350. The van der Waals surface area contributed by atoms with E-state index < -0.39 is 0 Å². The molecule has 26 heavy (non-hydrogen) atoms. The zero-order chi connectivity index (χ0) is 18.4. The Morgan fingerprint density at radius 3 is 2.35 bits per heavy atom. The molecule has 1 aliphatic heterocycles. The van der Waals surface area contributed by atoms with E-state index in [-0.39, 0.29) is 5.91 Å². The summed E-state index contributed by atoms with van der Waals surface area (Å²) < 4.78 is 10.9. The topological polar surface area (TPSA) is 42.0 Å². The maximum absolute atomic E-state index is 12.4. The Hall–Kier alpha value is -2.40. The van der Waals surface area contributed by atoms with E-state index in [9.17, 15) is 4.79 Å². The Morgan fingerprint density at radius 2 is 1.65 bits per heavy atom. The van der Waals surface area contributed by atoms with E-state index in [1.54, 1.807) is 7.11 Å².